The monoisotopic (exact) mass is 529 g/mol. The highest BCUT2D eigenvalue weighted by Gasteiger charge is 2.07. The van der Waals surface area contributed by atoms with E-state index in [-0.39, 0.29) is 29.9 Å². The fourth-order valence-corrected chi connectivity index (χ4v) is 3.39. The summed E-state index contributed by atoms with van der Waals surface area (Å²) in [5, 5.41) is 12.7. The number of nitrogens with one attached hydrogen (secondary N) is 3. The molecule has 0 aliphatic heterocycles. The van der Waals surface area contributed by atoms with Gasteiger partial charge in [0.25, 0.3) is 5.91 Å². The standard InChI is InChI=1S/C21H31N5OS.HI/c1-5-6-11-23-20(27)17-9-7-16(8-10-17)12-24-21(22-4)25-13-19-26-18(14-28-19)15(2)3;/h7-10,14-15H,5-6,11-13H2,1-4H3,(H,23,27)(H2,22,24,25);1H. The summed E-state index contributed by atoms with van der Waals surface area (Å²) in [6, 6.07) is 7.64. The average Bonchev–Trinajstić information content (AvgIpc) is 3.18. The summed E-state index contributed by atoms with van der Waals surface area (Å²) in [5.74, 6) is 1.15. The second kappa shape index (κ2) is 13.5. The first kappa shape index (κ1) is 25.4. The highest BCUT2D eigenvalue weighted by Crippen LogP contribution is 2.17. The van der Waals surface area contributed by atoms with Crippen molar-refractivity contribution in [3.05, 3.63) is 51.5 Å². The first-order chi connectivity index (χ1) is 13.5. The van der Waals surface area contributed by atoms with Crippen molar-refractivity contribution in [2.45, 2.75) is 52.6 Å². The SMILES string of the molecule is CCCCNC(=O)c1ccc(CNC(=NC)NCc2nc(C(C)C)cs2)cc1.I. The van der Waals surface area contributed by atoms with Gasteiger partial charge in [-0.05, 0) is 30.0 Å². The summed E-state index contributed by atoms with van der Waals surface area (Å²) in [7, 11) is 1.75. The molecule has 160 valence electrons. The van der Waals surface area contributed by atoms with E-state index in [1.165, 1.54) is 0 Å². The largest absolute Gasteiger partial charge is 0.352 e. The molecule has 6 nitrogen and oxygen atoms in total. The number of hydrogen-bond donors (Lipinski definition) is 3. The Bertz CT molecular complexity index is 774. The minimum atomic E-state index is -0.0188. The summed E-state index contributed by atoms with van der Waals surface area (Å²) in [5.41, 5.74) is 2.90. The van der Waals surface area contributed by atoms with Crippen molar-refractivity contribution in [1.29, 1.82) is 0 Å². The zero-order valence-electron chi connectivity index (χ0n) is 17.6. The van der Waals surface area contributed by atoms with Crippen LogP contribution in [0.3, 0.4) is 0 Å². The van der Waals surface area contributed by atoms with Crippen LogP contribution in [0.1, 0.15) is 66.2 Å². The lowest BCUT2D eigenvalue weighted by molar-refractivity contribution is 0.0953. The molecule has 0 saturated carbocycles. The minimum Gasteiger partial charge on any atom is -0.352 e. The number of carbonyl (C=O) groups excluding carboxylic acids is 1. The number of aromatic nitrogens is 1. The first-order valence-corrected chi connectivity index (χ1v) is 10.7. The van der Waals surface area contributed by atoms with E-state index in [9.17, 15) is 4.79 Å². The molecule has 3 N–H and O–H groups in total. The molecule has 1 aromatic carbocycles. The molecule has 1 heterocycles. The number of amides is 1. The maximum Gasteiger partial charge on any atom is 0.251 e. The Hall–Kier alpha value is -1.68. The molecule has 2 aromatic rings. The van der Waals surface area contributed by atoms with Crippen LogP contribution in [0, 0.1) is 0 Å². The number of carbonyl (C=O) groups is 1. The van der Waals surface area contributed by atoms with Crippen molar-refractivity contribution in [3.63, 3.8) is 0 Å². The second-order valence-electron chi connectivity index (χ2n) is 6.91. The molecule has 1 aromatic heterocycles. The van der Waals surface area contributed by atoms with Gasteiger partial charge in [0.05, 0.1) is 12.2 Å². The van der Waals surface area contributed by atoms with Crippen LogP contribution in [-0.2, 0) is 13.1 Å². The maximum atomic E-state index is 12.0. The number of aliphatic imine (C=N–C) groups is 1. The number of rotatable bonds is 9. The third-order valence-electron chi connectivity index (χ3n) is 4.28. The Kier molecular flexibility index (Phi) is 11.8. The molecule has 0 unspecified atom stereocenters. The highest BCUT2D eigenvalue weighted by molar-refractivity contribution is 14.0. The van der Waals surface area contributed by atoms with Gasteiger partial charge in [-0.1, -0.05) is 39.3 Å². The fraction of sp³-hybridized carbons (Fsp3) is 0.476. The predicted octanol–water partition coefficient (Wildman–Crippen LogP) is 4.28. The van der Waals surface area contributed by atoms with E-state index in [0.717, 1.165) is 41.6 Å². The third-order valence-corrected chi connectivity index (χ3v) is 5.15. The normalized spacial score (nSPS) is 11.1. The van der Waals surface area contributed by atoms with Gasteiger partial charge in [0.1, 0.15) is 5.01 Å². The van der Waals surface area contributed by atoms with Gasteiger partial charge < -0.3 is 16.0 Å². The quantitative estimate of drug-likeness (QED) is 0.196. The molecule has 0 aliphatic carbocycles. The molecular weight excluding hydrogens is 497 g/mol. The van der Waals surface area contributed by atoms with Gasteiger partial charge in [-0.25, -0.2) is 4.98 Å². The smallest absolute Gasteiger partial charge is 0.251 e. The van der Waals surface area contributed by atoms with Gasteiger partial charge in [0.2, 0.25) is 0 Å². The summed E-state index contributed by atoms with van der Waals surface area (Å²) in [4.78, 5) is 20.9. The number of halogens is 1. The topological polar surface area (TPSA) is 78.4 Å². The Morgan fingerprint density at radius 3 is 2.41 bits per heavy atom. The number of guanidine groups is 1. The third kappa shape index (κ3) is 8.69. The van der Waals surface area contributed by atoms with Crippen molar-refractivity contribution in [2.75, 3.05) is 13.6 Å². The van der Waals surface area contributed by atoms with Gasteiger partial charge in [0, 0.05) is 31.1 Å². The highest BCUT2D eigenvalue weighted by atomic mass is 127. The van der Waals surface area contributed by atoms with E-state index < -0.39 is 0 Å². The summed E-state index contributed by atoms with van der Waals surface area (Å²) < 4.78 is 0. The predicted molar refractivity (Wildman–Crippen MR) is 132 cm³/mol. The second-order valence-corrected chi connectivity index (χ2v) is 7.85. The van der Waals surface area contributed by atoms with Crippen LogP contribution in [0.5, 0.6) is 0 Å². The Balaban J connectivity index is 0.00000420. The van der Waals surface area contributed by atoms with Crippen LogP contribution in [0.2, 0.25) is 0 Å². The first-order valence-electron chi connectivity index (χ1n) is 9.79. The molecule has 0 fully saturated rings. The average molecular weight is 529 g/mol. The van der Waals surface area contributed by atoms with E-state index in [4.69, 9.17) is 0 Å². The van der Waals surface area contributed by atoms with Gasteiger partial charge in [0.15, 0.2) is 5.96 Å². The van der Waals surface area contributed by atoms with Crippen molar-refractivity contribution >= 4 is 47.2 Å². The van der Waals surface area contributed by atoms with Crippen LogP contribution < -0.4 is 16.0 Å². The molecule has 0 spiro atoms. The Morgan fingerprint density at radius 2 is 1.83 bits per heavy atom. The molecule has 1 amide bonds. The molecule has 8 heteroatoms. The van der Waals surface area contributed by atoms with Crippen LogP contribution in [0.15, 0.2) is 34.6 Å². The van der Waals surface area contributed by atoms with E-state index in [1.54, 1.807) is 18.4 Å². The minimum absolute atomic E-state index is 0. The number of unbranched alkanes of at least 4 members (excludes halogenated alkanes) is 1. The molecule has 0 saturated heterocycles. The van der Waals surface area contributed by atoms with Gasteiger partial charge in [-0.15, -0.1) is 35.3 Å². The van der Waals surface area contributed by atoms with E-state index in [2.05, 4.69) is 52.1 Å². The lowest BCUT2D eigenvalue weighted by Gasteiger charge is -2.11. The number of hydrogen-bond acceptors (Lipinski definition) is 4. The van der Waals surface area contributed by atoms with Crippen LogP contribution in [-0.4, -0.2) is 30.4 Å². The zero-order valence-corrected chi connectivity index (χ0v) is 20.8. The van der Waals surface area contributed by atoms with Crippen molar-refractivity contribution in [3.8, 4) is 0 Å². The molecule has 2 rings (SSSR count). The van der Waals surface area contributed by atoms with Crippen LogP contribution in [0.25, 0.3) is 0 Å². The lowest BCUT2D eigenvalue weighted by Crippen LogP contribution is -2.36. The van der Waals surface area contributed by atoms with Crippen molar-refractivity contribution < 1.29 is 4.79 Å². The Labute approximate surface area is 195 Å². The van der Waals surface area contributed by atoms with E-state index >= 15 is 0 Å². The number of benzene rings is 1. The molecule has 29 heavy (non-hydrogen) atoms. The maximum absolute atomic E-state index is 12.0. The summed E-state index contributed by atoms with van der Waals surface area (Å²) in [6.07, 6.45) is 2.07. The molecule has 0 bridgehead atoms. The van der Waals surface area contributed by atoms with E-state index in [0.29, 0.717) is 24.6 Å². The molecule has 0 atom stereocenters. The van der Waals surface area contributed by atoms with Gasteiger partial charge in [-0.3, -0.25) is 9.79 Å². The van der Waals surface area contributed by atoms with Crippen molar-refractivity contribution in [2.24, 2.45) is 4.99 Å². The zero-order chi connectivity index (χ0) is 20.4. The van der Waals surface area contributed by atoms with E-state index in [1.807, 2.05) is 24.3 Å². The van der Waals surface area contributed by atoms with Crippen LogP contribution >= 0.6 is 35.3 Å². The van der Waals surface area contributed by atoms with Gasteiger partial charge in [-0.2, -0.15) is 0 Å². The molecule has 0 aliphatic rings. The van der Waals surface area contributed by atoms with Crippen molar-refractivity contribution in [1.82, 2.24) is 20.9 Å². The molecular formula is C21H32IN5OS. The fourth-order valence-electron chi connectivity index (χ4n) is 2.49. The molecule has 0 radical (unpaired) electrons. The van der Waals surface area contributed by atoms with Crippen LogP contribution in [0.4, 0.5) is 0 Å². The summed E-state index contributed by atoms with van der Waals surface area (Å²) >= 11 is 1.66. The number of nitrogens with zero attached hydrogens (tertiary/aromatic N) is 2. The lowest BCUT2D eigenvalue weighted by atomic mass is 10.1. The summed E-state index contributed by atoms with van der Waals surface area (Å²) in [6.45, 7) is 8.40. The Morgan fingerprint density at radius 1 is 1.14 bits per heavy atom. The number of thiazole rings is 1. The van der Waals surface area contributed by atoms with Gasteiger partial charge >= 0.3 is 0 Å².